The van der Waals surface area contributed by atoms with Gasteiger partial charge < -0.3 is 16.4 Å². The minimum atomic E-state index is -0.00264. The van der Waals surface area contributed by atoms with Crippen LogP contribution in [0.2, 0.25) is 0 Å². The van der Waals surface area contributed by atoms with Gasteiger partial charge in [0, 0.05) is 19.5 Å². The van der Waals surface area contributed by atoms with Gasteiger partial charge in [0.05, 0.1) is 5.69 Å². The quantitative estimate of drug-likeness (QED) is 0.711. The van der Waals surface area contributed by atoms with Crippen molar-refractivity contribution in [1.29, 1.82) is 5.26 Å². The number of hydrogen-bond acceptors (Lipinski definition) is 5. The number of nitriles is 1. The van der Waals surface area contributed by atoms with E-state index in [1.807, 2.05) is 19.9 Å². The zero-order valence-corrected chi connectivity index (χ0v) is 11.2. The average molecular weight is 261 g/mol. The van der Waals surface area contributed by atoms with Crippen molar-refractivity contribution in [2.45, 2.75) is 20.3 Å². The lowest BCUT2D eigenvalue weighted by atomic mass is 10.2. The first-order chi connectivity index (χ1) is 9.02. The van der Waals surface area contributed by atoms with E-state index in [2.05, 4.69) is 15.6 Å². The third-order valence-electron chi connectivity index (χ3n) is 2.40. The minimum Gasteiger partial charge on any atom is -0.396 e. The molecule has 0 radical (unpaired) electrons. The first-order valence-electron chi connectivity index (χ1n) is 6.20. The maximum atomic E-state index is 11.5. The normalized spacial score (nSPS) is 10.0. The van der Waals surface area contributed by atoms with Gasteiger partial charge in [-0.05, 0) is 18.1 Å². The predicted molar refractivity (Wildman–Crippen MR) is 74.3 cm³/mol. The molecule has 1 aromatic rings. The number of carbonyl (C=O) groups is 1. The summed E-state index contributed by atoms with van der Waals surface area (Å²) in [5.74, 6) is 0.980. The van der Waals surface area contributed by atoms with E-state index in [1.165, 1.54) is 0 Å². The molecule has 0 aliphatic carbocycles. The first-order valence-corrected chi connectivity index (χ1v) is 6.20. The van der Waals surface area contributed by atoms with Crippen LogP contribution < -0.4 is 16.4 Å². The van der Waals surface area contributed by atoms with E-state index in [9.17, 15) is 4.79 Å². The molecule has 6 nitrogen and oxygen atoms in total. The Kier molecular flexibility index (Phi) is 5.61. The van der Waals surface area contributed by atoms with Crippen molar-refractivity contribution in [3.05, 3.63) is 17.8 Å². The predicted octanol–water partition coefficient (Wildman–Crippen LogP) is 1.11. The van der Waals surface area contributed by atoms with E-state index in [0.29, 0.717) is 36.9 Å². The third-order valence-corrected chi connectivity index (χ3v) is 2.40. The number of anilines is 2. The van der Waals surface area contributed by atoms with E-state index in [4.69, 9.17) is 11.0 Å². The van der Waals surface area contributed by atoms with E-state index in [0.717, 1.165) is 0 Å². The molecule has 0 saturated carbocycles. The third kappa shape index (κ3) is 5.25. The summed E-state index contributed by atoms with van der Waals surface area (Å²) in [6, 6.07) is 5.21. The molecule has 1 heterocycles. The van der Waals surface area contributed by atoms with Gasteiger partial charge in [0.2, 0.25) is 5.91 Å². The van der Waals surface area contributed by atoms with Crippen LogP contribution >= 0.6 is 0 Å². The van der Waals surface area contributed by atoms with Crippen LogP contribution in [-0.4, -0.2) is 24.0 Å². The lowest BCUT2D eigenvalue weighted by Gasteiger charge is -2.09. The smallest absolute Gasteiger partial charge is 0.221 e. The topological polar surface area (TPSA) is 104 Å². The minimum absolute atomic E-state index is 0.00264. The Balaban J connectivity index is 2.37. The number of hydrogen-bond donors (Lipinski definition) is 3. The Hall–Kier alpha value is -2.29. The maximum absolute atomic E-state index is 11.5. The largest absolute Gasteiger partial charge is 0.396 e. The number of nitrogens with two attached hydrogens (primary N) is 1. The molecular formula is C13H19N5O. The van der Waals surface area contributed by atoms with Gasteiger partial charge in [-0.1, -0.05) is 13.8 Å². The molecule has 4 N–H and O–H groups in total. The van der Waals surface area contributed by atoms with Crippen LogP contribution in [0.25, 0.3) is 0 Å². The van der Waals surface area contributed by atoms with Crippen molar-refractivity contribution in [3.63, 3.8) is 0 Å². The fourth-order valence-electron chi connectivity index (χ4n) is 1.37. The second kappa shape index (κ2) is 7.21. The van der Waals surface area contributed by atoms with Gasteiger partial charge in [0.15, 0.2) is 5.69 Å². The standard InChI is InChI=1S/C13H19N5O/c1-9(2)8-17-13(19)5-6-16-12-4-3-10(15)11(7-14)18-12/h3-4,9H,5-6,8,15H2,1-2H3,(H,16,18)(H,17,19). The molecule has 0 saturated heterocycles. The molecule has 0 unspecified atom stereocenters. The molecule has 0 aliphatic heterocycles. The number of nitrogen functional groups attached to an aromatic ring is 1. The molecule has 1 rings (SSSR count). The molecule has 0 bridgehead atoms. The summed E-state index contributed by atoms with van der Waals surface area (Å²) < 4.78 is 0. The zero-order chi connectivity index (χ0) is 14.3. The number of pyridine rings is 1. The summed E-state index contributed by atoms with van der Waals surface area (Å²) >= 11 is 0. The van der Waals surface area contributed by atoms with Crippen molar-refractivity contribution >= 4 is 17.4 Å². The lowest BCUT2D eigenvalue weighted by molar-refractivity contribution is -0.120. The molecule has 0 aromatic carbocycles. The highest BCUT2D eigenvalue weighted by molar-refractivity contribution is 5.76. The second-order valence-electron chi connectivity index (χ2n) is 4.62. The maximum Gasteiger partial charge on any atom is 0.221 e. The van der Waals surface area contributed by atoms with Crippen LogP contribution in [0.1, 0.15) is 26.0 Å². The summed E-state index contributed by atoms with van der Waals surface area (Å²) in [4.78, 5) is 15.5. The number of nitrogens with zero attached hydrogens (tertiary/aromatic N) is 2. The molecule has 1 aromatic heterocycles. The van der Waals surface area contributed by atoms with Crippen LogP contribution in [0, 0.1) is 17.2 Å². The molecule has 19 heavy (non-hydrogen) atoms. The summed E-state index contributed by atoms with van der Waals surface area (Å²) in [6.45, 7) is 5.23. The average Bonchev–Trinajstić information content (AvgIpc) is 2.38. The van der Waals surface area contributed by atoms with Gasteiger partial charge in [-0.3, -0.25) is 4.79 Å². The van der Waals surface area contributed by atoms with Crippen molar-refractivity contribution in [3.8, 4) is 6.07 Å². The van der Waals surface area contributed by atoms with Gasteiger partial charge in [-0.15, -0.1) is 0 Å². The van der Waals surface area contributed by atoms with E-state index >= 15 is 0 Å². The lowest BCUT2D eigenvalue weighted by Crippen LogP contribution is -2.28. The highest BCUT2D eigenvalue weighted by Gasteiger charge is 2.04. The summed E-state index contributed by atoms with van der Waals surface area (Å²) in [5, 5.41) is 14.6. The molecule has 0 spiro atoms. The van der Waals surface area contributed by atoms with E-state index < -0.39 is 0 Å². The molecule has 0 fully saturated rings. The van der Waals surface area contributed by atoms with Crippen molar-refractivity contribution in [2.24, 2.45) is 5.92 Å². The molecule has 1 amide bonds. The fourth-order valence-corrected chi connectivity index (χ4v) is 1.37. The number of carbonyl (C=O) groups excluding carboxylic acids is 1. The highest BCUT2D eigenvalue weighted by Crippen LogP contribution is 2.11. The van der Waals surface area contributed by atoms with Crippen molar-refractivity contribution in [1.82, 2.24) is 10.3 Å². The Bertz CT molecular complexity index is 478. The molecular weight excluding hydrogens is 242 g/mol. The van der Waals surface area contributed by atoms with Crippen LogP contribution in [-0.2, 0) is 4.79 Å². The number of amides is 1. The van der Waals surface area contributed by atoms with Crippen LogP contribution in [0.5, 0.6) is 0 Å². The molecule has 102 valence electrons. The van der Waals surface area contributed by atoms with Crippen molar-refractivity contribution in [2.75, 3.05) is 24.1 Å². The Labute approximate surface area is 113 Å². The van der Waals surface area contributed by atoms with E-state index in [1.54, 1.807) is 12.1 Å². The van der Waals surface area contributed by atoms with Gasteiger partial charge >= 0.3 is 0 Å². The van der Waals surface area contributed by atoms with Gasteiger partial charge in [-0.25, -0.2) is 4.98 Å². The molecule has 0 atom stereocenters. The molecule has 0 aliphatic rings. The van der Waals surface area contributed by atoms with Gasteiger partial charge in [0.25, 0.3) is 0 Å². The van der Waals surface area contributed by atoms with Crippen LogP contribution in [0.3, 0.4) is 0 Å². The van der Waals surface area contributed by atoms with Gasteiger partial charge in [-0.2, -0.15) is 5.26 Å². The summed E-state index contributed by atoms with van der Waals surface area (Å²) in [6.07, 6.45) is 0.362. The van der Waals surface area contributed by atoms with Crippen molar-refractivity contribution < 1.29 is 4.79 Å². The highest BCUT2D eigenvalue weighted by atomic mass is 16.1. The summed E-state index contributed by atoms with van der Waals surface area (Å²) in [7, 11) is 0. The second-order valence-corrected chi connectivity index (χ2v) is 4.62. The first kappa shape index (κ1) is 14.8. The van der Waals surface area contributed by atoms with Gasteiger partial charge in [0.1, 0.15) is 11.9 Å². The van der Waals surface area contributed by atoms with Crippen LogP contribution in [0.15, 0.2) is 12.1 Å². The monoisotopic (exact) mass is 261 g/mol. The van der Waals surface area contributed by atoms with E-state index in [-0.39, 0.29) is 11.6 Å². The zero-order valence-electron chi connectivity index (χ0n) is 11.2. The Morgan fingerprint density at radius 2 is 2.26 bits per heavy atom. The number of aromatic nitrogens is 1. The summed E-state index contributed by atoms with van der Waals surface area (Å²) in [5.41, 5.74) is 6.11. The Morgan fingerprint density at radius 1 is 1.53 bits per heavy atom. The number of rotatable bonds is 6. The van der Waals surface area contributed by atoms with Crippen LogP contribution in [0.4, 0.5) is 11.5 Å². The molecule has 6 heteroatoms. The number of nitrogens with one attached hydrogen (secondary N) is 2. The fraction of sp³-hybridized carbons (Fsp3) is 0.462. The SMILES string of the molecule is CC(C)CNC(=O)CCNc1ccc(N)c(C#N)n1. The Morgan fingerprint density at radius 3 is 2.89 bits per heavy atom.